The molecule has 0 aliphatic heterocycles. The van der Waals surface area contributed by atoms with E-state index >= 15 is 0 Å². The molecule has 12 heavy (non-hydrogen) atoms. The van der Waals surface area contributed by atoms with Gasteiger partial charge < -0.3 is 10.1 Å². The Morgan fingerprint density at radius 2 is 1.83 bits per heavy atom. The highest BCUT2D eigenvalue weighted by atomic mass is 16.5. The van der Waals surface area contributed by atoms with E-state index in [1.807, 2.05) is 20.9 Å². The van der Waals surface area contributed by atoms with Crippen LogP contribution in [0.25, 0.3) is 0 Å². The van der Waals surface area contributed by atoms with Crippen LogP contribution in [0.1, 0.15) is 40.5 Å². The Morgan fingerprint density at radius 1 is 1.33 bits per heavy atom. The summed E-state index contributed by atoms with van der Waals surface area (Å²) in [5, 5.41) is 3.28. The second kappa shape index (κ2) is 9.01. The molecule has 1 N–H and O–H groups in total. The van der Waals surface area contributed by atoms with Crippen LogP contribution < -0.4 is 5.32 Å². The lowest BCUT2D eigenvalue weighted by molar-refractivity contribution is 0.161. The number of methoxy groups -OCH3 is 1. The van der Waals surface area contributed by atoms with Crippen molar-refractivity contribution in [3.63, 3.8) is 0 Å². The molecule has 2 heteroatoms. The van der Waals surface area contributed by atoms with Gasteiger partial charge in [-0.05, 0) is 26.8 Å². The summed E-state index contributed by atoms with van der Waals surface area (Å²) in [5.74, 6) is 0. The van der Waals surface area contributed by atoms with Crippen LogP contribution >= 0.6 is 0 Å². The molecule has 0 aliphatic rings. The van der Waals surface area contributed by atoms with Crippen LogP contribution in [0.3, 0.4) is 0 Å². The second-order valence-corrected chi connectivity index (χ2v) is 2.91. The van der Waals surface area contributed by atoms with Gasteiger partial charge in [-0.15, -0.1) is 0 Å². The Bertz CT molecular complexity index is 79.9. The SMILES string of the molecule is CC.CCC(C)(CCOC)NC. The van der Waals surface area contributed by atoms with Gasteiger partial charge in [-0.2, -0.15) is 0 Å². The van der Waals surface area contributed by atoms with Crippen molar-refractivity contribution in [2.45, 2.75) is 46.1 Å². The summed E-state index contributed by atoms with van der Waals surface area (Å²) in [6.45, 7) is 9.24. The van der Waals surface area contributed by atoms with E-state index in [-0.39, 0.29) is 5.54 Å². The Morgan fingerprint density at radius 3 is 2.08 bits per heavy atom. The molecule has 1 atom stereocenters. The van der Waals surface area contributed by atoms with Gasteiger partial charge in [0.05, 0.1) is 0 Å². The van der Waals surface area contributed by atoms with Crippen molar-refractivity contribution >= 4 is 0 Å². The number of ether oxygens (including phenoxy) is 1. The van der Waals surface area contributed by atoms with Crippen LogP contribution in [0.15, 0.2) is 0 Å². The second-order valence-electron chi connectivity index (χ2n) is 2.91. The Balaban J connectivity index is 0. The summed E-state index contributed by atoms with van der Waals surface area (Å²) in [6.07, 6.45) is 2.23. The minimum Gasteiger partial charge on any atom is -0.385 e. The predicted molar refractivity (Wildman–Crippen MR) is 55.6 cm³/mol. The largest absolute Gasteiger partial charge is 0.385 e. The maximum atomic E-state index is 5.00. The molecule has 0 aromatic rings. The van der Waals surface area contributed by atoms with Crippen molar-refractivity contribution in [1.82, 2.24) is 5.32 Å². The molecule has 0 aromatic carbocycles. The molecule has 0 aromatic heterocycles. The molecule has 0 amide bonds. The lowest BCUT2D eigenvalue weighted by Gasteiger charge is -2.27. The first-order valence-electron chi connectivity index (χ1n) is 4.86. The summed E-state index contributed by atoms with van der Waals surface area (Å²) in [6, 6.07) is 0. The molecule has 0 saturated carbocycles. The number of hydrogen-bond acceptors (Lipinski definition) is 2. The molecule has 1 unspecified atom stereocenters. The van der Waals surface area contributed by atoms with Crippen LogP contribution in [0, 0.1) is 0 Å². The first kappa shape index (κ1) is 14.4. The van der Waals surface area contributed by atoms with E-state index in [2.05, 4.69) is 19.2 Å². The predicted octanol–water partition coefficient (Wildman–Crippen LogP) is 2.44. The van der Waals surface area contributed by atoms with Gasteiger partial charge in [0.1, 0.15) is 0 Å². The van der Waals surface area contributed by atoms with Gasteiger partial charge >= 0.3 is 0 Å². The lowest BCUT2D eigenvalue weighted by atomic mass is 9.95. The van der Waals surface area contributed by atoms with E-state index < -0.39 is 0 Å². The summed E-state index contributed by atoms with van der Waals surface area (Å²) in [5.41, 5.74) is 0.260. The fourth-order valence-corrected chi connectivity index (χ4v) is 0.806. The molecular weight excluding hydrogens is 150 g/mol. The summed E-state index contributed by atoms with van der Waals surface area (Å²) in [7, 11) is 3.74. The monoisotopic (exact) mass is 175 g/mol. The van der Waals surface area contributed by atoms with E-state index in [0.717, 1.165) is 19.4 Å². The van der Waals surface area contributed by atoms with Crippen LogP contribution in [0.2, 0.25) is 0 Å². The quantitative estimate of drug-likeness (QED) is 0.693. The van der Waals surface area contributed by atoms with E-state index in [0.29, 0.717) is 0 Å². The van der Waals surface area contributed by atoms with Crippen molar-refractivity contribution in [2.75, 3.05) is 20.8 Å². The Hall–Kier alpha value is -0.0800. The highest BCUT2D eigenvalue weighted by Gasteiger charge is 2.17. The smallest absolute Gasteiger partial charge is 0.0479 e. The fourth-order valence-electron chi connectivity index (χ4n) is 0.806. The molecule has 0 bridgehead atoms. The van der Waals surface area contributed by atoms with Gasteiger partial charge in [0.25, 0.3) is 0 Å². The molecule has 0 saturated heterocycles. The zero-order valence-electron chi connectivity index (χ0n) is 9.53. The zero-order valence-corrected chi connectivity index (χ0v) is 9.53. The molecular formula is C10H25NO. The van der Waals surface area contributed by atoms with Gasteiger partial charge in [-0.25, -0.2) is 0 Å². The average molecular weight is 175 g/mol. The maximum Gasteiger partial charge on any atom is 0.0479 e. The first-order chi connectivity index (χ1) is 5.68. The molecule has 0 rings (SSSR count). The van der Waals surface area contributed by atoms with Gasteiger partial charge in [0.2, 0.25) is 0 Å². The van der Waals surface area contributed by atoms with Crippen molar-refractivity contribution in [2.24, 2.45) is 0 Å². The van der Waals surface area contributed by atoms with Crippen LogP contribution in [0.5, 0.6) is 0 Å². The Kier molecular flexibility index (Phi) is 10.8. The molecule has 0 aliphatic carbocycles. The molecule has 0 heterocycles. The lowest BCUT2D eigenvalue weighted by Crippen LogP contribution is -2.39. The van der Waals surface area contributed by atoms with E-state index in [1.54, 1.807) is 7.11 Å². The highest BCUT2D eigenvalue weighted by molar-refractivity contribution is 4.78. The van der Waals surface area contributed by atoms with Crippen LogP contribution in [-0.4, -0.2) is 26.3 Å². The van der Waals surface area contributed by atoms with E-state index in [9.17, 15) is 0 Å². The van der Waals surface area contributed by atoms with E-state index in [1.165, 1.54) is 0 Å². The maximum absolute atomic E-state index is 5.00. The third-order valence-corrected chi connectivity index (χ3v) is 2.24. The summed E-state index contributed by atoms with van der Waals surface area (Å²) < 4.78 is 5.00. The van der Waals surface area contributed by atoms with Crippen molar-refractivity contribution in [3.05, 3.63) is 0 Å². The standard InChI is InChI=1S/C8H19NO.C2H6/c1-5-8(2,9-3)6-7-10-4;1-2/h9H,5-7H2,1-4H3;1-2H3. The fraction of sp³-hybridized carbons (Fsp3) is 1.00. The first-order valence-corrected chi connectivity index (χ1v) is 4.86. The summed E-state index contributed by atoms with van der Waals surface area (Å²) >= 11 is 0. The molecule has 2 nitrogen and oxygen atoms in total. The number of nitrogens with one attached hydrogen (secondary N) is 1. The molecule has 0 spiro atoms. The van der Waals surface area contributed by atoms with Crippen molar-refractivity contribution in [1.29, 1.82) is 0 Å². The van der Waals surface area contributed by atoms with Crippen LogP contribution in [-0.2, 0) is 4.74 Å². The van der Waals surface area contributed by atoms with Crippen molar-refractivity contribution < 1.29 is 4.74 Å². The minimum absolute atomic E-state index is 0.260. The third-order valence-electron chi connectivity index (χ3n) is 2.24. The van der Waals surface area contributed by atoms with Crippen molar-refractivity contribution in [3.8, 4) is 0 Å². The molecule has 0 fully saturated rings. The average Bonchev–Trinajstić information content (AvgIpc) is 2.17. The van der Waals surface area contributed by atoms with Crippen LogP contribution in [0.4, 0.5) is 0 Å². The van der Waals surface area contributed by atoms with Gasteiger partial charge in [0, 0.05) is 19.3 Å². The Labute approximate surface area is 77.7 Å². The minimum atomic E-state index is 0.260. The highest BCUT2D eigenvalue weighted by Crippen LogP contribution is 2.12. The molecule has 0 radical (unpaired) electrons. The third kappa shape index (κ3) is 6.62. The van der Waals surface area contributed by atoms with Gasteiger partial charge in [0.15, 0.2) is 0 Å². The van der Waals surface area contributed by atoms with E-state index in [4.69, 9.17) is 4.74 Å². The van der Waals surface area contributed by atoms with Gasteiger partial charge in [-0.3, -0.25) is 0 Å². The van der Waals surface area contributed by atoms with Gasteiger partial charge in [-0.1, -0.05) is 20.8 Å². The number of rotatable bonds is 5. The summed E-state index contributed by atoms with van der Waals surface area (Å²) in [4.78, 5) is 0. The molecule has 76 valence electrons. The normalized spacial score (nSPS) is 14.5. The topological polar surface area (TPSA) is 21.3 Å². The number of hydrogen-bond donors (Lipinski definition) is 1. The zero-order chi connectivity index (χ0) is 10.0.